The molecular weight excluding hydrogens is 334 g/mol. The van der Waals surface area contributed by atoms with E-state index in [9.17, 15) is 0 Å². The van der Waals surface area contributed by atoms with Gasteiger partial charge in [-0.15, -0.1) is 21.5 Å². The van der Waals surface area contributed by atoms with Crippen molar-refractivity contribution in [2.45, 2.75) is 19.9 Å². The predicted molar refractivity (Wildman–Crippen MR) is 92.4 cm³/mol. The van der Waals surface area contributed by atoms with Crippen LogP contribution in [0.3, 0.4) is 0 Å². The molecule has 1 N–H and O–H groups in total. The normalized spacial score (nSPS) is 12.2. The molecule has 2 heterocycles. The summed E-state index contributed by atoms with van der Waals surface area (Å²) < 4.78 is 11.1. The topological polar surface area (TPSA) is 60.2 Å². The van der Waals surface area contributed by atoms with Crippen molar-refractivity contribution in [1.82, 2.24) is 10.2 Å². The van der Waals surface area contributed by atoms with E-state index in [1.807, 2.05) is 37.4 Å². The number of halogens is 1. The first-order valence-corrected chi connectivity index (χ1v) is 8.32. The molecule has 0 spiro atoms. The maximum absolute atomic E-state index is 6.13. The third-order valence-corrected chi connectivity index (χ3v) is 4.66. The van der Waals surface area contributed by atoms with Gasteiger partial charge in [0.1, 0.15) is 11.8 Å². The summed E-state index contributed by atoms with van der Waals surface area (Å²) in [5, 5.41) is 14.2. The van der Waals surface area contributed by atoms with Gasteiger partial charge in [0.25, 0.3) is 5.89 Å². The number of aromatic nitrogens is 2. The van der Waals surface area contributed by atoms with Crippen LogP contribution in [0.4, 0.5) is 5.69 Å². The summed E-state index contributed by atoms with van der Waals surface area (Å²) in [6.45, 7) is 3.90. The average molecular weight is 350 g/mol. The third-order valence-electron chi connectivity index (χ3n) is 3.40. The zero-order valence-electron chi connectivity index (χ0n) is 13.0. The average Bonchev–Trinajstić information content (AvgIpc) is 3.20. The van der Waals surface area contributed by atoms with E-state index in [2.05, 4.69) is 15.5 Å². The first kappa shape index (κ1) is 15.8. The molecule has 5 nitrogen and oxygen atoms in total. The van der Waals surface area contributed by atoms with E-state index in [0.29, 0.717) is 22.6 Å². The van der Waals surface area contributed by atoms with Gasteiger partial charge in [-0.2, -0.15) is 0 Å². The molecule has 0 radical (unpaired) electrons. The highest BCUT2D eigenvalue weighted by atomic mass is 35.5. The Balaban J connectivity index is 1.82. The molecule has 7 heteroatoms. The number of hydrogen-bond donors (Lipinski definition) is 1. The number of ether oxygens (including phenoxy) is 1. The van der Waals surface area contributed by atoms with E-state index in [4.69, 9.17) is 20.8 Å². The lowest BCUT2D eigenvalue weighted by atomic mass is 10.2. The third kappa shape index (κ3) is 3.33. The molecule has 1 aromatic carbocycles. The van der Waals surface area contributed by atoms with Crippen molar-refractivity contribution in [3.8, 4) is 16.5 Å². The van der Waals surface area contributed by atoms with Crippen LogP contribution in [0.25, 0.3) is 10.8 Å². The Morgan fingerprint density at radius 3 is 2.87 bits per heavy atom. The second-order valence-electron chi connectivity index (χ2n) is 5.09. The van der Waals surface area contributed by atoms with E-state index >= 15 is 0 Å². The largest absolute Gasteiger partial charge is 0.495 e. The van der Waals surface area contributed by atoms with Crippen molar-refractivity contribution >= 4 is 28.6 Å². The molecule has 3 rings (SSSR count). The number of aryl methyl sites for hydroxylation is 1. The van der Waals surface area contributed by atoms with E-state index in [0.717, 1.165) is 16.1 Å². The summed E-state index contributed by atoms with van der Waals surface area (Å²) in [6.07, 6.45) is 0. The summed E-state index contributed by atoms with van der Waals surface area (Å²) >= 11 is 7.69. The number of nitrogens with one attached hydrogen (secondary N) is 1. The molecule has 23 heavy (non-hydrogen) atoms. The molecule has 1 atom stereocenters. The molecule has 0 bridgehead atoms. The van der Waals surface area contributed by atoms with Gasteiger partial charge >= 0.3 is 0 Å². The quantitative estimate of drug-likeness (QED) is 0.706. The summed E-state index contributed by atoms with van der Waals surface area (Å²) in [6, 6.07) is 7.47. The lowest BCUT2D eigenvalue weighted by Gasteiger charge is -2.16. The van der Waals surface area contributed by atoms with E-state index in [-0.39, 0.29) is 6.04 Å². The van der Waals surface area contributed by atoms with Gasteiger partial charge in [0, 0.05) is 11.1 Å². The molecule has 2 aromatic heterocycles. The minimum atomic E-state index is -0.161. The fourth-order valence-corrected chi connectivity index (χ4v) is 2.95. The van der Waals surface area contributed by atoms with E-state index < -0.39 is 0 Å². The second-order valence-corrected chi connectivity index (χ2v) is 6.45. The number of thiophene rings is 1. The monoisotopic (exact) mass is 349 g/mol. The van der Waals surface area contributed by atoms with Gasteiger partial charge in [-0.05, 0) is 36.9 Å². The lowest BCUT2D eigenvalue weighted by molar-refractivity contribution is 0.415. The van der Waals surface area contributed by atoms with Crippen LogP contribution in [0.5, 0.6) is 5.75 Å². The molecule has 3 aromatic rings. The number of anilines is 1. The minimum Gasteiger partial charge on any atom is -0.495 e. The van der Waals surface area contributed by atoms with Crippen LogP contribution in [-0.4, -0.2) is 17.3 Å². The van der Waals surface area contributed by atoms with Crippen molar-refractivity contribution in [3.05, 3.63) is 46.1 Å². The zero-order chi connectivity index (χ0) is 16.4. The first-order valence-electron chi connectivity index (χ1n) is 7.06. The molecule has 0 amide bonds. The van der Waals surface area contributed by atoms with Crippen LogP contribution >= 0.6 is 22.9 Å². The minimum absolute atomic E-state index is 0.161. The van der Waals surface area contributed by atoms with Crippen molar-refractivity contribution in [2.24, 2.45) is 0 Å². The zero-order valence-corrected chi connectivity index (χ0v) is 14.5. The van der Waals surface area contributed by atoms with Crippen molar-refractivity contribution in [2.75, 3.05) is 12.4 Å². The number of methoxy groups -OCH3 is 1. The van der Waals surface area contributed by atoms with Gasteiger partial charge in [-0.25, -0.2) is 0 Å². The summed E-state index contributed by atoms with van der Waals surface area (Å²) in [5.41, 5.74) is 1.80. The molecule has 0 aliphatic carbocycles. The van der Waals surface area contributed by atoms with Gasteiger partial charge in [0.2, 0.25) is 5.89 Å². The molecule has 0 aliphatic heterocycles. The lowest BCUT2D eigenvalue weighted by Crippen LogP contribution is -2.08. The maximum atomic E-state index is 6.13. The number of benzene rings is 1. The van der Waals surface area contributed by atoms with Crippen molar-refractivity contribution in [3.63, 3.8) is 0 Å². The van der Waals surface area contributed by atoms with E-state index in [1.165, 1.54) is 0 Å². The standard InChI is InChI=1S/C16H16ClN3O2S/c1-9-7-12(13(21-3)8-11(9)17)18-10(2)15-19-20-16(22-15)14-5-4-6-23-14/h4-8,10,18H,1-3H3/t10-/m1/s1. The molecule has 0 saturated carbocycles. The van der Waals surface area contributed by atoms with Crippen LogP contribution in [-0.2, 0) is 0 Å². The van der Waals surface area contributed by atoms with Crippen LogP contribution in [0.1, 0.15) is 24.4 Å². The van der Waals surface area contributed by atoms with Gasteiger partial charge < -0.3 is 14.5 Å². The molecule has 0 fully saturated rings. The summed E-state index contributed by atoms with van der Waals surface area (Å²) in [5.74, 6) is 1.72. The summed E-state index contributed by atoms with van der Waals surface area (Å²) in [7, 11) is 1.61. The summed E-state index contributed by atoms with van der Waals surface area (Å²) in [4.78, 5) is 0.955. The highest BCUT2D eigenvalue weighted by Gasteiger charge is 2.17. The molecule has 120 valence electrons. The fourth-order valence-electron chi connectivity index (χ4n) is 2.15. The first-order chi connectivity index (χ1) is 11.1. The molecular formula is C16H16ClN3O2S. The molecule has 0 saturated heterocycles. The van der Waals surface area contributed by atoms with Crippen LogP contribution in [0.2, 0.25) is 5.02 Å². The van der Waals surface area contributed by atoms with Gasteiger partial charge in [0.05, 0.1) is 17.7 Å². The second kappa shape index (κ2) is 6.60. The van der Waals surface area contributed by atoms with Crippen molar-refractivity contribution in [1.29, 1.82) is 0 Å². The highest BCUT2D eigenvalue weighted by molar-refractivity contribution is 7.13. The molecule has 0 unspecified atom stereocenters. The van der Waals surface area contributed by atoms with Gasteiger partial charge in [-0.1, -0.05) is 17.7 Å². The Kier molecular flexibility index (Phi) is 4.54. The van der Waals surface area contributed by atoms with Gasteiger partial charge in [0.15, 0.2) is 0 Å². The van der Waals surface area contributed by atoms with Crippen molar-refractivity contribution < 1.29 is 9.15 Å². The fraction of sp³-hybridized carbons (Fsp3) is 0.250. The Morgan fingerprint density at radius 2 is 2.17 bits per heavy atom. The van der Waals surface area contributed by atoms with E-state index in [1.54, 1.807) is 24.5 Å². The molecule has 0 aliphatic rings. The predicted octanol–water partition coefficient (Wildman–Crippen LogP) is 4.94. The smallest absolute Gasteiger partial charge is 0.257 e. The number of hydrogen-bond acceptors (Lipinski definition) is 6. The van der Waals surface area contributed by atoms with Crippen LogP contribution in [0, 0.1) is 6.92 Å². The SMILES string of the molecule is COc1cc(Cl)c(C)cc1N[C@H](C)c1nnc(-c2cccs2)o1. The van der Waals surface area contributed by atoms with Crippen LogP contribution < -0.4 is 10.1 Å². The number of rotatable bonds is 5. The Labute approximate surface area is 143 Å². The van der Waals surface area contributed by atoms with Crippen LogP contribution in [0.15, 0.2) is 34.1 Å². The van der Waals surface area contributed by atoms with Gasteiger partial charge in [-0.3, -0.25) is 0 Å². The Hall–Kier alpha value is -2.05. The highest BCUT2D eigenvalue weighted by Crippen LogP contribution is 2.33. The maximum Gasteiger partial charge on any atom is 0.257 e. The Bertz CT molecular complexity index is 802. The number of nitrogens with zero attached hydrogens (tertiary/aromatic N) is 2. The Morgan fingerprint density at radius 1 is 1.35 bits per heavy atom.